The van der Waals surface area contributed by atoms with Crippen molar-refractivity contribution in [1.82, 2.24) is 20.2 Å². The third kappa shape index (κ3) is 4.54. The van der Waals surface area contributed by atoms with Crippen molar-refractivity contribution in [3.63, 3.8) is 0 Å². The van der Waals surface area contributed by atoms with Gasteiger partial charge in [-0.15, -0.1) is 5.10 Å². The van der Waals surface area contributed by atoms with Crippen molar-refractivity contribution in [1.29, 1.82) is 0 Å². The number of rotatable bonds is 8. The number of aliphatic carboxylic acids is 1. The zero-order valence-electron chi connectivity index (χ0n) is 23.2. The molecule has 37 heavy (non-hydrogen) atoms. The van der Waals surface area contributed by atoms with E-state index < -0.39 is 5.97 Å². The maximum absolute atomic E-state index is 11.9. The molecule has 5 rings (SSSR count). The Morgan fingerprint density at radius 2 is 1.81 bits per heavy atom. The summed E-state index contributed by atoms with van der Waals surface area (Å²) in [6.45, 7) is 10.3. The fourth-order valence-electron chi connectivity index (χ4n) is 10.4. The van der Waals surface area contributed by atoms with Crippen molar-refractivity contribution < 1.29 is 20.1 Å². The van der Waals surface area contributed by atoms with Crippen LogP contribution in [0, 0.1) is 52.3 Å². The predicted octanol–water partition coefficient (Wildman–Crippen LogP) is 4.34. The molecule has 0 bridgehead atoms. The summed E-state index contributed by atoms with van der Waals surface area (Å²) in [5.41, 5.74) is 0.509. The molecule has 0 aliphatic heterocycles. The highest BCUT2D eigenvalue weighted by molar-refractivity contribution is 5.68. The summed E-state index contributed by atoms with van der Waals surface area (Å²) in [6, 6.07) is 0. The molecular formula is C29H48N4O4. The van der Waals surface area contributed by atoms with Crippen LogP contribution < -0.4 is 0 Å². The number of tetrazole rings is 1. The Labute approximate surface area is 221 Å². The summed E-state index contributed by atoms with van der Waals surface area (Å²) in [7, 11) is 0. The molecule has 4 saturated carbocycles. The van der Waals surface area contributed by atoms with Gasteiger partial charge in [-0.1, -0.05) is 34.1 Å². The Hall–Kier alpha value is -1.54. The van der Waals surface area contributed by atoms with Crippen LogP contribution in [0.5, 0.6) is 0 Å². The van der Waals surface area contributed by atoms with Gasteiger partial charge in [0.2, 0.25) is 0 Å². The zero-order valence-corrected chi connectivity index (χ0v) is 23.2. The summed E-state index contributed by atoms with van der Waals surface area (Å²) in [4.78, 5) is 11.1. The Balaban J connectivity index is 1.28. The average molecular weight is 517 g/mol. The summed E-state index contributed by atoms with van der Waals surface area (Å²) in [5, 5.41) is 43.0. The minimum absolute atomic E-state index is 0.146. The lowest BCUT2D eigenvalue weighted by atomic mass is 9.41. The highest BCUT2D eigenvalue weighted by Crippen LogP contribution is 2.69. The second-order valence-corrected chi connectivity index (χ2v) is 13.6. The summed E-state index contributed by atoms with van der Waals surface area (Å²) in [5.74, 6) is 3.01. The van der Waals surface area contributed by atoms with Gasteiger partial charge in [-0.3, -0.25) is 4.79 Å². The van der Waals surface area contributed by atoms with E-state index in [0.717, 1.165) is 38.5 Å². The molecule has 8 heteroatoms. The van der Waals surface area contributed by atoms with E-state index in [0.29, 0.717) is 53.8 Å². The van der Waals surface area contributed by atoms with Crippen molar-refractivity contribution in [2.24, 2.45) is 52.3 Å². The van der Waals surface area contributed by atoms with Crippen molar-refractivity contribution in [2.45, 2.75) is 117 Å². The number of carboxylic acid groups (broad SMARTS) is 1. The van der Waals surface area contributed by atoms with E-state index >= 15 is 0 Å². The van der Waals surface area contributed by atoms with Crippen LogP contribution in [-0.2, 0) is 17.8 Å². The number of hydrogen-bond acceptors (Lipinski definition) is 6. The summed E-state index contributed by atoms with van der Waals surface area (Å²) < 4.78 is 1.65. The molecule has 1 aromatic rings. The number of fused-ring (bicyclic) bond motifs is 5. The van der Waals surface area contributed by atoms with E-state index in [1.54, 1.807) is 4.68 Å². The Morgan fingerprint density at radius 1 is 1.08 bits per heavy atom. The molecule has 4 aliphatic rings. The highest BCUT2D eigenvalue weighted by atomic mass is 16.4. The van der Waals surface area contributed by atoms with Crippen molar-refractivity contribution in [2.75, 3.05) is 0 Å². The average Bonchev–Trinajstić information content (AvgIpc) is 3.43. The van der Waals surface area contributed by atoms with Gasteiger partial charge in [0, 0.05) is 6.54 Å². The fraction of sp³-hybridized carbons (Fsp3) is 0.931. The lowest BCUT2D eigenvalue weighted by molar-refractivity contribution is -0.203. The zero-order chi connectivity index (χ0) is 26.5. The summed E-state index contributed by atoms with van der Waals surface area (Å²) in [6.07, 6.45) is 10.2. The number of aromatic nitrogens is 4. The maximum Gasteiger partial charge on any atom is 0.311 e. The number of carboxylic acids is 1. The third-order valence-corrected chi connectivity index (χ3v) is 12.1. The summed E-state index contributed by atoms with van der Waals surface area (Å²) >= 11 is 0. The highest BCUT2D eigenvalue weighted by Gasteiger charge is 2.64. The molecule has 6 unspecified atom stereocenters. The van der Waals surface area contributed by atoms with Gasteiger partial charge in [0.05, 0.1) is 12.2 Å². The molecule has 0 aromatic carbocycles. The van der Waals surface area contributed by atoms with Gasteiger partial charge in [-0.25, -0.2) is 4.68 Å². The molecule has 0 amide bonds. The van der Waals surface area contributed by atoms with E-state index in [2.05, 4.69) is 43.2 Å². The predicted molar refractivity (Wildman–Crippen MR) is 139 cm³/mol. The fourth-order valence-corrected chi connectivity index (χ4v) is 10.4. The first kappa shape index (κ1) is 27.0. The standard InChI is InChI=1S/C29H48N4O4/c1-5-19-23-15-18(34)10-12-29(23,4)22-11-13-28(3)20(8-9-21(28)26(22)27(19)37)17(2)7-6-14-33-24(16-25(35)36)30-31-32-33/h17-23,26-27,34,37H,5-16H2,1-4H3,(H,35,36)/t17-,18-,19-,20?,21?,22?,23?,26?,27-,28-,29?/m1/s1. The van der Waals surface area contributed by atoms with Gasteiger partial charge in [-0.05, 0) is 120 Å². The molecule has 208 valence electrons. The molecular weight excluding hydrogens is 468 g/mol. The number of nitrogens with zero attached hydrogens (tertiary/aromatic N) is 4. The van der Waals surface area contributed by atoms with Crippen LogP contribution in [0.2, 0.25) is 0 Å². The molecule has 0 spiro atoms. The van der Waals surface area contributed by atoms with Crippen LogP contribution in [0.3, 0.4) is 0 Å². The first-order chi connectivity index (χ1) is 17.6. The quantitative estimate of drug-likeness (QED) is 0.470. The van der Waals surface area contributed by atoms with Crippen LogP contribution in [0.15, 0.2) is 0 Å². The van der Waals surface area contributed by atoms with Crippen molar-refractivity contribution >= 4 is 5.97 Å². The van der Waals surface area contributed by atoms with Gasteiger partial charge < -0.3 is 15.3 Å². The van der Waals surface area contributed by atoms with Crippen LogP contribution >= 0.6 is 0 Å². The Kier molecular flexibility index (Phi) is 7.47. The third-order valence-electron chi connectivity index (χ3n) is 12.1. The number of carbonyl (C=O) groups is 1. The van der Waals surface area contributed by atoms with E-state index in [1.807, 2.05) is 0 Å². The first-order valence-electron chi connectivity index (χ1n) is 14.9. The second kappa shape index (κ2) is 10.2. The maximum atomic E-state index is 11.9. The molecule has 4 aliphatic carbocycles. The number of aliphatic hydroxyl groups is 2. The molecule has 4 fully saturated rings. The topological polar surface area (TPSA) is 121 Å². The van der Waals surface area contributed by atoms with Gasteiger partial charge in [0.15, 0.2) is 5.82 Å². The van der Waals surface area contributed by atoms with E-state index in [9.17, 15) is 15.0 Å². The lowest BCUT2D eigenvalue weighted by Crippen LogP contribution is -2.62. The molecule has 11 atom stereocenters. The smallest absolute Gasteiger partial charge is 0.311 e. The van der Waals surface area contributed by atoms with Gasteiger partial charge in [0.1, 0.15) is 6.42 Å². The molecule has 8 nitrogen and oxygen atoms in total. The number of aryl methyl sites for hydroxylation is 1. The molecule has 3 N–H and O–H groups in total. The normalized spacial score (nSPS) is 44.1. The van der Waals surface area contributed by atoms with Crippen LogP contribution in [0.1, 0.15) is 97.7 Å². The minimum Gasteiger partial charge on any atom is -0.481 e. The number of hydrogen-bond donors (Lipinski definition) is 3. The largest absolute Gasteiger partial charge is 0.481 e. The number of aliphatic hydroxyl groups excluding tert-OH is 2. The van der Waals surface area contributed by atoms with Gasteiger partial charge in [-0.2, -0.15) is 0 Å². The van der Waals surface area contributed by atoms with Crippen molar-refractivity contribution in [3.8, 4) is 0 Å². The second-order valence-electron chi connectivity index (χ2n) is 13.6. The van der Waals surface area contributed by atoms with E-state index in [-0.39, 0.29) is 29.5 Å². The van der Waals surface area contributed by atoms with Crippen LogP contribution in [0.25, 0.3) is 0 Å². The lowest BCUT2D eigenvalue weighted by Gasteiger charge is -2.64. The van der Waals surface area contributed by atoms with Crippen LogP contribution in [0.4, 0.5) is 0 Å². The molecule has 1 aromatic heterocycles. The monoisotopic (exact) mass is 516 g/mol. The van der Waals surface area contributed by atoms with Crippen molar-refractivity contribution in [3.05, 3.63) is 5.82 Å². The molecule has 1 heterocycles. The van der Waals surface area contributed by atoms with E-state index in [4.69, 9.17) is 5.11 Å². The Bertz CT molecular complexity index is 969. The minimum atomic E-state index is -0.912. The van der Waals surface area contributed by atoms with E-state index in [1.165, 1.54) is 25.7 Å². The Morgan fingerprint density at radius 3 is 2.54 bits per heavy atom. The van der Waals surface area contributed by atoms with Gasteiger partial charge >= 0.3 is 5.97 Å². The molecule has 0 saturated heterocycles. The van der Waals surface area contributed by atoms with Gasteiger partial charge in [0.25, 0.3) is 0 Å². The van der Waals surface area contributed by atoms with Crippen LogP contribution in [-0.4, -0.2) is 53.7 Å². The SMILES string of the molecule is CC[C@@H]1C2C[C@H](O)CCC2(C)C2CC[C@@]3(C)C(CCC3[C@H](C)CCCn3nnnc3CC(=O)O)C2[C@@H]1O. The molecule has 0 radical (unpaired) electrons. The first-order valence-corrected chi connectivity index (χ1v) is 14.9.